The Labute approximate surface area is 172 Å². The van der Waals surface area contributed by atoms with Crippen LogP contribution in [0, 0.1) is 5.82 Å². The minimum absolute atomic E-state index is 0.0148. The smallest absolute Gasteiger partial charge is 0.344 e. The molecule has 2 heterocycles. The molecule has 0 amide bonds. The lowest BCUT2D eigenvalue weighted by Crippen LogP contribution is -2.24. The van der Waals surface area contributed by atoms with Crippen LogP contribution < -0.4 is 4.74 Å². The van der Waals surface area contributed by atoms with Crippen molar-refractivity contribution in [2.75, 3.05) is 13.2 Å². The molecule has 1 aliphatic heterocycles. The number of carboxylic acid groups (broad SMARTS) is 1. The number of phenolic OH excluding ortho intramolecular Hbond substituents is 1. The van der Waals surface area contributed by atoms with Crippen LogP contribution in [0.15, 0.2) is 42.5 Å². The minimum atomic E-state index is -1.11. The van der Waals surface area contributed by atoms with Crippen molar-refractivity contribution in [2.45, 2.75) is 31.8 Å². The molecule has 3 aromatic rings. The number of carbonyl (C=O) groups is 1. The number of benzene rings is 2. The topological polar surface area (TPSA) is 88.9 Å². The Kier molecular flexibility index (Phi) is 5.55. The van der Waals surface area contributed by atoms with Gasteiger partial charge in [0.05, 0.1) is 5.69 Å². The molecule has 7 heteroatoms. The van der Waals surface area contributed by atoms with E-state index in [4.69, 9.17) is 14.5 Å². The normalized spacial score (nSPS) is 15.8. The van der Waals surface area contributed by atoms with Crippen molar-refractivity contribution in [3.05, 3.63) is 54.0 Å². The molecule has 4 rings (SSSR count). The van der Waals surface area contributed by atoms with E-state index in [1.54, 1.807) is 24.3 Å². The quantitative estimate of drug-likeness (QED) is 0.643. The highest BCUT2D eigenvalue weighted by atomic mass is 19.1. The fourth-order valence-corrected chi connectivity index (χ4v) is 3.78. The van der Waals surface area contributed by atoms with E-state index in [2.05, 4.69) is 0 Å². The van der Waals surface area contributed by atoms with Crippen LogP contribution in [0.25, 0.3) is 21.9 Å². The molecule has 1 aromatic heterocycles. The Bertz CT molecular complexity index is 1080. The molecular formula is C23H22FNO5. The van der Waals surface area contributed by atoms with Crippen molar-refractivity contribution in [3.63, 3.8) is 0 Å². The first-order valence-corrected chi connectivity index (χ1v) is 9.84. The van der Waals surface area contributed by atoms with E-state index < -0.39 is 12.1 Å². The van der Waals surface area contributed by atoms with Gasteiger partial charge in [-0.2, -0.15) is 0 Å². The molecule has 30 heavy (non-hydrogen) atoms. The number of fused-ring (bicyclic) bond motifs is 1. The van der Waals surface area contributed by atoms with Gasteiger partial charge in [-0.25, -0.2) is 14.2 Å². The van der Waals surface area contributed by atoms with Crippen LogP contribution in [0.3, 0.4) is 0 Å². The number of aromatic hydroxyl groups is 1. The van der Waals surface area contributed by atoms with E-state index in [1.807, 2.05) is 0 Å². The first kappa shape index (κ1) is 20.1. The number of ether oxygens (including phenoxy) is 2. The number of hydrogen-bond donors (Lipinski definition) is 2. The van der Waals surface area contributed by atoms with Gasteiger partial charge in [0.25, 0.3) is 0 Å². The molecule has 6 nitrogen and oxygen atoms in total. The summed E-state index contributed by atoms with van der Waals surface area (Å²) >= 11 is 0. The largest absolute Gasteiger partial charge is 0.508 e. The molecule has 1 saturated heterocycles. The van der Waals surface area contributed by atoms with E-state index in [0.29, 0.717) is 18.6 Å². The number of halogens is 1. The number of rotatable bonds is 5. The van der Waals surface area contributed by atoms with E-state index in [1.165, 1.54) is 25.1 Å². The van der Waals surface area contributed by atoms with Crippen LogP contribution in [0.4, 0.5) is 4.39 Å². The summed E-state index contributed by atoms with van der Waals surface area (Å²) in [6, 6.07) is 11.0. The summed E-state index contributed by atoms with van der Waals surface area (Å²) in [7, 11) is 0. The van der Waals surface area contributed by atoms with Gasteiger partial charge in [-0.15, -0.1) is 0 Å². The molecule has 1 fully saturated rings. The summed E-state index contributed by atoms with van der Waals surface area (Å²) in [6.07, 6.45) is 0.416. The number of phenols is 1. The summed E-state index contributed by atoms with van der Waals surface area (Å²) in [5.41, 5.74) is 2.38. The molecule has 0 radical (unpaired) electrons. The van der Waals surface area contributed by atoms with Crippen molar-refractivity contribution in [2.24, 2.45) is 0 Å². The predicted octanol–water partition coefficient (Wildman–Crippen LogP) is 4.49. The van der Waals surface area contributed by atoms with Crippen molar-refractivity contribution >= 4 is 16.7 Å². The molecule has 1 aliphatic rings. The predicted molar refractivity (Wildman–Crippen MR) is 109 cm³/mol. The molecule has 156 valence electrons. The molecule has 2 aromatic carbocycles. The molecule has 0 unspecified atom stereocenters. The number of hydrogen-bond acceptors (Lipinski definition) is 5. The maximum Gasteiger partial charge on any atom is 0.344 e. The summed E-state index contributed by atoms with van der Waals surface area (Å²) in [6.45, 7) is 2.63. The zero-order valence-corrected chi connectivity index (χ0v) is 16.5. The summed E-state index contributed by atoms with van der Waals surface area (Å²) in [4.78, 5) is 16.1. The van der Waals surface area contributed by atoms with Crippen molar-refractivity contribution in [3.8, 4) is 22.8 Å². The fraction of sp³-hybridized carbons (Fsp3) is 0.304. The fourth-order valence-electron chi connectivity index (χ4n) is 3.78. The van der Waals surface area contributed by atoms with Gasteiger partial charge in [-0.05, 0) is 61.0 Å². The molecule has 2 N–H and O–H groups in total. The Balaban J connectivity index is 1.98. The van der Waals surface area contributed by atoms with Crippen LogP contribution in [0.2, 0.25) is 0 Å². The zero-order chi connectivity index (χ0) is 21.3. The monoisotopic (exact) mass is 411 g/mol. The molecule has 1 atom stereocenters. The lowest BCUT2D eigenvalue weighted by Gasteiger charge is -2.26. The molecule has 0 saturated carbocycles. The lowest BCUT2D eigenvalue weighted by molar-refractivity contribution is -0.144. The minimum Gasteiger partial charge on any atom is -0.508 e. The average molecular weight is 411 g/mol. The number of nitrogens with zero attached hydrogens (tertiary/aromatic N) is 1. The number of carboxylic acids is 1. The Morgan fingerprint density at radius 2 is 1.87 bits per heavy atom. The summed E-state index contributed by atoms with van der Waals surface area (Å²) < 4.78 is 24.7. The van der Waals surface area contributed by atoms with Crippen molar-refractivity contribution < 1.29 is 28.9 Å². The Hall–Kier alpha value is -3.19. The zero-order valence-electron chi connectivity index (χ0n) is 16.5. The van der Waals surface area contributed by atoms with Crippen LogP contribution in [-0.4, -0.2) is 40.5 Å². The highest BCUT2D eigenvalue weighted by Crippen LogP contribution is 2.42. The lowest BCUT2D eigenvalue weighted by atomic mass is 9.87. The number of pyridine rings is 1. The second-order valence-corrected chi connectivity index (χ2v) is 7.40. The molecule has 0 spiro atoms. The SMILES string of the molecule is C[C@H](Oc1nc(C2CCOCC2)c(-c2ccc(F)cc2)c2ccc(O)cc12)C(=O)O. The van der Waals surface area contributed by atoms with E-state index in [0.717, 1.165) is 35.0 Å². The summed E-state index contributed by atoms with van der Waals surface area (Å²) in [5, 5.41) is 20.6. The van der Waals surface area contributed by atoms with Crippen LogP contribution in [0.5, 0.6) is 11.6 Å². The van der Waals surface area contributed by atoms with Gasteiger partial charge in [-0.3, -0.25) is 0 Å². The first-order chi connectivity index (χ1) is 14.4. The second-order valence-electron chi connectivity index (χ2n) is 7.40. The van der Waals surface area contributed by atoms with Gasteiger partial charge in [0.2, 0.25) is 5.88 Å². The highest BCUT2D eigenvalue weighted by Gasteiger charge is 2.26. The van der Waals surface area contributed by atoms with Gasteiger partial charge >= 0.3 is 5.97 Å². The van der Waals surface area contributed by atoms with Gasteiger partial charge in [0, 0.05) is 30.1 Å². The second kappa shape index (κ2) is 8.28. The Morgan fingerprint density at radius 1 is 1.17 bits per heavy atom. The van der Waals surface area contributed by atoms with E-state index in [-0.39, 0.29) is 23.4 Å². The third-order valence-corrected chi connectivity index (χ3v) is 5.36. The average Bonchev–Trinajstić information content (AvgIpc) is 2.75. The molecule has 0 aliphatic carbocycles. The first-order valence-electron chi connectivity index (χ1n) is 9.84. The third-order valence-electron chi connectivity index (χ3n) is 5.36. The maximum absolute atomic E-state index is 13.6. The van der Waals surface area contributed by atoms with Gasteiger partial charge in [0.1, 0.15) is 11.6 Å². The van der Waals surface area contributed by atoms with Crippen molar-refractivity contribution in [1.82, 2.24) is 4.98 Å². The van der Waals surface area contributed by atoms with Gasteiger partial charge in [0.15, 0.2) is 6.10 Å². The van der Waals surface area contributed by atoms with Crippen molar-refractivity contribution in [1.29, 1.82) is 0 Å². The van der Waals surface area contributed by atoms with Gasteiger partial charge < -0.3 is 19.7 Å². The highest BCUT2D eigenvalue weighted by molar-refractivity contribution is 6.01. The molecular weight excluding hydrogens is 389 g/mol. The maximum atomic E-state index is 13.6. The van der Waals surface area contributed by atoms with E-state index >= 15 is 0 Å². The number of aromatic nitrogens is 1. The van der Waals surface area contributed by atoms with E-state index in [9.17, 15) is 19.4 Å². The van der Waals surface area contributed by atoms with Crippen LogP contribution in [0.1, 0.15) is 31.4 Å². The standard InChI is InChI=1S/C23H22FNO5/c1-13(23(27)28)30-22-19-12-17(26)6-7-18(19)20(14-2-4-16(24)5-3-14)21(25-22)15-8-10-29-11-9-15/h2-7,12-13,15,26H,8-11H2,1H3,(H,27,28)/t13-/m0/s1. The van der Waals surface area contributed by atoms with Crippen LogP contribution in [-0.2, 0) is 9.53 Å². The Morgan fingerprint density at radius 3 is 2.53 bits per heavy atom. The number of aliphatic carboxylic acids is 1. The molecule has 0 bridgehead atoms. The van der Waals surface area contributed by atoms with Crippen LogP contribution >= 0.6 is 0 Å². The van der Waals surface area contributed by atoms with Gasteiger partial charge in [-0.1, -0.05) is 12.1 Å². The third kappa shape index (κ3) is 3.93. The summed E-state index contributed by atoms with van der Waals surface area (Å²) in [5.74, 6) is -1.19.